The first kappa shape index (κ1) is 22.4. The topological polar surface area (TPSA) is 93.7 Å². The van der Waals surface area contributed by atoms with Gasteiger partial charge in [-0.2, -0.15) is 0 Å². The van der Waals surface area contributed by atoms with Crippen LogP contribution in [-0.4, -0.2) is 37.8 Å². The highest BCUT2D eigenvalue weighted by atomic mass is 32.2. The molecule has 3 rings (SSSR count). The molecule has 1 heterocycles. The molecular weight excluding hydrogens is 436 g/mol. The van der Waals surface area contributed by atoms with E-state index in [2.05, 4.69) is 10.0 Å². The Morgan fingerprint density at radius 2 is 1.81 bits per heavy atom. The fourth-order valence-corrected chi connectivity index (χ4v) is 4.08. The summed E-state index contributed by atoms with van der Waals surface area (Å²) in [6, 6.07) is 16.1. The Hall–Kier alpha value is -3.30. The first-order valence-corrected chi connectivity index (χ1v) is 11.2. The van der Waals surface area contributed by atoms with Crippen LogP contribution < -0.4 is 10.0 Å². The average molecular weight is 457 g/mol. The number of hydrogen-bond acceptors (Lipinski definition) is 8. The summed E-state index contributed by atoms with van der Waals surface area (Å²) in [4.78, 5) is 37.2. The van der Waals surface area contributed by atoms with E-state index in [1.807, 2.05) is 42.7 Å². The number of methoxy groups -OCH3 is 1. The number of carbonyl (C=O) groups is 3. The van der Waals surface area contributed by atoms with Crippen molar-refractivity contribution in [2.45, 2.75) is 0 Å². The SMILES string of the molecule is COC(=O)c1scc(-c2ccccc2)c1NC(=O)COC(=O)c1cccc(NSC)c1. The number of ether oxygens (including phenoxy) is 2. The van der Waals surface area contributed by atoms with Crippen molar-refractivity contribution in [2.75, 3.05) is 30.0 Å². The molecule has 160 valence electrons. The molecule has 0 fully saturated rings. The standard InChI is InChI=1S/C22H20N2O5S2/c1-28-22(27)20-19(17(13-31-20)14-7-4-3-5-8-14)23-18(25)12-29-21(26)15-9-6-10-16(11-15)24-30-2/h3-11,13,24H,12H2,1-2H3,(H,23,25). The maximum Gasteiger partial charge on any atom is 0.350 e. The zero-order chi connectivity index (χ0) is 22.2. The molecule has 0 atom stereocenters. The van der Waals surface area contributed by atoms with Gasteiger partial charge in [-0.25, -0.2) is 9.59 Å². The van der Waals surface area contributed by atoms with Crippen LogP contribution in [0.3, 0.4) is 0 Å². The summed E-state index contributed by atoms with van der Waals surface area (Å²) in [7, 11) is 1.28. The van der Waals surface area contributed by atoms with E-state index < -0.39 is 24.5 Å². The summed E-state index contributed by atoms with van der Waals surface area (Å²) in [5.41, 5.74) is 2.92. The van der Waals surface area contributed by atoms with Crippen molar-refractivity contribution in [3.8, 4) is 11.1 Å². The molecule has 0 bridgehead atoms. The van der Waals surface area contributed by atoms with Gasteiger partial charge in [0.05, 0.1) is 18.4 Å². The van der Waals surface area contributed by atoms with Gasteiger partial charge in [0.15, 0.2) is 6.61 Å². The van der Waals surface area contributed by atoms with E-state index in [0.717, 1.165) is 11.3 Å². The van der Waals surface area contributed by atoms with E-state index in [1.165, 1.54) is 30.4 Å². The molecule has 7 nitrogen and oxygen atoms in total. The third-order valence-corrected chi connectivity index (χ3v) is 5.56. The zero-order valence-electron chi connectivity index (χ0n) is 16.8. The second-order valence-corrected chi connectivity index (χ2v) is 7.71. The molecule has 31 heavy (non-hydrogen) atoms. The maximum absolute atomic E-state index is 12.5. The Morgan fingerprint density at radius 3 is 2.52 bits per heavy atom. The van der Waals surface area contributed by atoms with Crippen LogP contribution in [0.4, 0.5) is 11.4 Å². The van der Waals surface area contributed by atoms with Gasteiger partial charge in [-0.1, -0.05) is 48.3 Å². The Kier molecular flexibility index (Phi) is 7.69. The Morgan fingerprint density at radius 1 is 1.03 bits per heavy atom. The summed E-state index contributed by atoms with van der Waals surface area (Å²) in [6.07, 6.45) is 1.87. The Balaban J connectivity index is 1.73. The van der Waals surface area contributed by atoms with E-state index >= 15 is 0 Å². The third-order valence-electron chi connectivity index (χ3n) is 4.16. The lowest BCUT2D eigenvalue weighted by Gasteiger charge is -2.10. The van der Waals surface area contributed by atoms with Gasteiger partial charge in [0.25, 0.3) is 5.91 Å². The van der Waals surface area contributed by atoms with Crippen LogP contribution in [0.5, 0.6) is 0 Å². The van der Waals surface area contributed by atoms with Crippen LogP contribution >= 0.6 is 23.3 Å². The zero-order valence-corrected chi connectivity index (χ0v) is 18.5. The minimum absolute atomic E-state index is 0.261. The number of anilines is 2. The largest absolute Gasteiger partial charge is 0.465 e. The van der Waals surface area contributed by atoms with Gasteiger partial charge < -0.3 is 19.5 Å². The lowest BCUT2D eigenvalue weighted by atomic mass is 10.1. The second-order valence-electron chi connectivity index (χ2n) is 6.22. The highest BCUT2D eigenvalue weighted by Crippen LogP contribution is 2.36. The normalized spacial score (nSPS) is 10.3. The summed E-state index contributed by atoms with van der Waals surface area (Å²) in [6.45, 7) is -0.496. The fraction of sp³-hybridized carbons (Fsp3) is 0.136. The van der Waals surface area contributed by atoms with E-state index in [0.29, 0.717) is 16.8 Å². The summed E-state index contributed by atoms with van der Waals surface area (Å²) in [5.74, 6) is -1.74. The van der Waals surface area contributed by atoms with Crippen molar-refractivity contribution in [3.63, 3.8) is 0 Å². The lowest BCUT2D eigenvalue weighted by molar-refractivity contribution is -0.119. The first-order valence-electron chi connectivity index (χ1n) is 9.14. The molecule has 1 amide bonds. The maximum atomic E-state index is 12.5. The van der Waals surface area contributed by atoms with Crippen molar-refractivity contribution in [1.82, 2.24) is 0 Å². The van der Waals surface area contributed by atoms with E-state index in [1.54, 1.807) is 23.6 Å². The number of benzene rings is 2. The fourth-order valence-electron chi connectivity index (χ4n) is 2.77. The monoisotopic (exact) mass is 456 g/mol. The van der Waals surface area contributed by atoms with Gasteiger partial charge in [0.2, 0.25) is 0 Å². The van der Waals surface area contributed by atoms with Gasteiger partial charge in [0, 0.05) is 22.9 Å². The number of esters is 2. The molecule has 0 aliphatic rings. The van der Waals surface area contributed by atoms with Crippen LogP contribution in [-0.2, 0) is 14.3 Å². The smallest absolute Gasteiger partial charge is 0.350 e. The minimum Gasteiger partial charge on any atom is -0.465 e. The van der Waals surface area contributed by atoms with E-state index in [9.17, 15) is 14.4 Å². The number of rotatable bonds is 8. The lowest BCUT2D eigenvalue weighted by Crippen LogP contribution is -2.22. The van der Waals surface area contributed by atoms with Crippen molar-refractivity contribution in [1.29, 1.82) is 0 Å². The van der Waals surface area contributed by atoms with Gasteiger partial charge in [0.1, 0.15) is 4.88 Å². The van der Waals surface area contributed by atoms with E-state index in [-0.39, 0.29) is 4.88 Å². The molecule has 0 radical (unpaired) electrons. The molecule has 2 N–H and O–H groups in total. The third kappa shape index (κ3) is 5.65. The molecule has 0 spiro atoms. The number of nitrogens with one attached hydrogen (secondary N) is 2. The molecule has 0 unspecified atom stereocenters. The molecule has 1 aromatic heterocycles. The second kappa shape index (κ2) is 10.6. The Labute approximate surface area is 187 Å². The molecule has 3 aromatic rings. The molecular formula is C22H20N2O5S2. The highest BCUT2D eigenvalue weighted by Gasteiger charge is 2.22. The van der Waals surface area contributed by atoms with Crippen LogP contribution in [0, 0.1) is 0 Å². The average Bonchev–Trinajstić information content (AvgIpc) is 3.21. The molecule has 2 aromatic carbocycles. The van der Waals surface area contributed by atoms with Crippen molar-refractivity contribution in [3.05, 3.63) is 70.4 Å². The molecule has 0 aliphatic heterocycles. The number of hydrogen-bond donors (Lipinski definition) is 2. The van der Waals surface area contributed by atoms with Crippen molar-refractivity contribution in [2.24, 2.45) is 0 Å². The van der Waals surface area contributed by atoms with Crippen LogP contribution in [0.15, 0.2) is 60.0 Å². The number of thiophene rings is 1. The predicted molar refractivity (Wildman–Crippen MR) is 124 cm³/mol. The minimum atomic E-state index is -0.623. The summed E-state index contributed by atoms with van der Waals surface area (Å²) in [5, 5.41) is 4.46. The van der Waals surface area contributed by atoms with Gasteiger partial charge >= 0.3 is 11.9 Å². The van der Waals surface area contributed by atoms with Crippen LogP contribution in [0.2, 0.25) is 0 Å². The Bertz CT molecular complexity index is 1080. The van der Waals surface area contributed by atoms with Gasteiger partial charge in [-0.15, -0.1) is 11.3 Å². The number of carbonyl (C=O) groups excluding carboxylic acids is 3. The van der Waals surface area contributed by atoms with Crippen molar-refractivity contribution >= 4 is 52.5 Å². The summed E-state index contributed by atoms with van der Waals surface area (Å²) < 4.78 is 13.0. The van der Waals surface area contributed by atoms with Gasteiger partial charge in [-0.05, 0) is 23.8 Å². The molecule has 0 saturated carbocycles. The molecule has 0 aliphatic carbocycles. The quantitative estimate of drug-likeness (QED) is 0.375. The number of amides is 1. The summed E-state index contributed by atoms with van der Waals surface area (Å²) >= 11 is 2.56. The van der Waals surface area contributed by atoms with Crippen molar-refractivity contribution < 1.29 is 23.9 Å². The van der Waals surface area contributed by atoms with Crippen LogP contribution in [0.1, 0.15) is 20.0 Å². The molecule has 0 saturated heterocycles. The first-order chi connectivity index (χ1) is 15.0. The highest BCUT2D eigenvalue weighted by molar-refractivity contribution is 7.99. The van der Waals surface area contributed by atoms with Gasteiger partial charge in [-0.3, -0.25) is 4.79 Å². The van der Waals surface area contributed by atoms with E-state index in [4.69, 9.17) is 9.47 Å². The van der Waals surface area contributed by atoms with Crippen LogP contribution in [0.25, 0.3) is 11.1 Å². The predicted octanol–water partition coefficient (Wildman–Crippen LogP) is 4.69. The molecule has 9 heteroatoms.